The summed E-state index contributed by atoms with van der Waals surface area (Å²) in [6.07, 6.45) is 4.78. The summed E-state index contributed by atoms with van der Waals surface area (Å²) < 4.78 is 7.10. The fourth-order valence-corrected chi connectivity index (χ4v) is 8.83. The van der Waals surface area contributed by atoms with Gasteiger partial charge in [0.1, 0.15) is 0 Å². The standard InChI is InChI=1S/C30H45NOSi/c1-7-33(8-2,9-3)32-30(5,6)27-21-20-24(4)28(22-27)29(26-18-14-11-15-19-26)31-23-25-16-12-10-13-17-25/h10-20,27-29,31H,7-9,21-23H2,1-6H3/t27-,28+,29-/m1/s1. The van der Waals surface area contributed by atoms with Crippen molar-refractivity contribution in [2.45, 2.75) is 90.7 Å². The molecule has 2 aromatic carbocycles. The molecule has 3 heteroatoms. The summed E-state index contributed by atoms with van der Waals surface area (Å²) in [5.74, 6) is 1.01. The average Bonchev–Trinajstić information content (AvgIpc) is 2.85. The van der Waals surface area contributed by atoms with Gasteiger partial charge in [-0.3, -0.25) is 0 Å². The van der Waals surface area contributed by atoms with Crippen LogP contribution in [0.15, 0.2) is 72.3 Å². The maximum Gasteiger partial charge on any atom is 0.192 e. The van der Waals surface area contributed by atoms with E-state index in [-0.39, 0.29) is 5.60 Å². The average molecular weight is 464 g/mol. The van der Waals surface area contributed by atoms with Gasteiger partial charge in [0.25, 0.3) is 0 Å². The predicted molar refractivity (Wildman–Crippen MR) is 145 cm³/mol. The molecule has 0 fully saturated rings. The fraction of sp³-hybridized carbons (Fsp3) is 0.533. The molecule has 0 aromatic heterocycles. The van der Waals surface area contributed by atoms with Crippen LogP contribution in [-0.2, 0) is 11.0 Å². The molecule has 33 heavy (non-hydrogen) atoms. The van der Waals surface area contributed by atoms with Gasteiger partial charge in [-0.25, -0.2) is 0 Å². The normalized spacial score (nSPS) is 20.4. The van der Waals surface area contributed by atoms with Crippen LogP contribution in [0.2, 0.25) is 18.1 Å². The van der Waals surface area contributed by atoms with Gasteiger partial charge >= 0.3 is 0 Å². The Labute approximate surface area is 204 Å². The Morgan fingerprint density at radius 2 is 1.52 bits per heavy atom. The number of hydrogen-bond donors (Lipinski definition) is 1. The van der Waals surface area contributed by atoms with E-state index in [1.807, 2.05) is 0 Å². The third-order valence-electron chi connectivity index (χ3n) is 8.17. The third kappa shape index (κ3) is 6.47. The van der Waals surface area contributed by atoms with E-state index in [2.05, 4.69) is 114 Å². The van der Waals surface area contributed by atoms with Crippen LogP contribution < -0.4 is 5.32 Å². The highest BCUT2D eigenvalue weighted by Crippen LogP contribution is 2.44. The molecule has 3 rings (SSSR count). The molecule has 0 amide bonds. The van der Waals surface area contributed by atoms with Gasteiger partial charge in [0.2, 0.25) is 0 Å². The molecule has 2 aromatic rings. The summed E-state index contributed by atoms with van der Waals surface area (Å²) in [6, 6.07) is 25.7. The number of benzene rings is 2. The monoisotopic (exact) mass is 463 g/mol. The molecule has 180 valence electrons. The molecular formula is C30H45NOSi. The third-order valence-corrected chi connectivity index (χ3v) is 13.0. The molecule has 0 bridgehead atoms. The first-order chi connectivity index (χ1) is 15.8. The fourth-order valence-electron chi connectivity index (χ4n) is 5.62. The van der Waals surface area contributed by atoms with Gasteiger partial charge in [0, 0.05) is 12.6 Å². The van der Waals surface area contributed by atoms with Crippen LogP contribution >= 0.6 is 0 Å². The van der Waals surface area contributed by atoms with E-state index in [0.717, 1.165) is 19.4 Å². The summed E-state index contributed by atoms with van der Waals surface area (Å²) >= 11 is 0. The highest BCUT2D eigenvalue weighted by molar-refractivity contribution is 6.73. The first kappa shape index (κ1) is 25.9. The van der Waals surface area contributed by atoms with E-state index in [4.69, 9.17) is 4.43 Å². The maximum atomic E-state index is 7.10. The zero-order chi connectivity index (χ0) is 23.9. The summed E-state index contributed by atoms with van der Waals surface area (Å²) in [4.78, 5) is 0. The Morgan fingerprint density at radius 1 is 0.939 bits per heavy atom. The van der Waals surface area contributed by atoms with Crippen molar-refractivity contribution in [1.29, 1.82) is 0 Å². The van der Waals surface area contributed by atoms with Gasteiger partial charge in [-0.15, -0.1) is 0 Å². The zero-order valence-electron chi connectivity index (χ0n) is 21.7. The lowest BCUT2D eigenvalue weighted by molar-refractivity contribution is 0.0176. The summed E-state index contributed by atoms with van der Waals surface area (Å²) in [7, 11) is -1.66. The molecule has 0 unspecified atom stereocenters. The van der Waals surface area contributed by atoms with Crippen molar-refractivity contribution in [1.82, 2.24) is 5.32 Å². The summed E-state index contributed by atoms with van der Waals surface area (Å²) in [5.41, 5.74) is 4.14. The molecule has 0 spiro atoms. The highest BCUT2D eigenvalue weighted by atomic mass is 28.4. The van der Waals surface area contributed by atoms with E-state index in [1.165, 1.54) is 34.8 Å². The van der Waals surface area contributed by atoms with Crippen molar-refractivity contribution in [3.63, 3.8) is 0 Å². The van der Waals surface area contributed by atoms with Gasteiger partial charge in [-0.05, 0) is 74.7 Å². The lowest BCUT2D eigenvalue weighted by Gasteiger charge is -2.46. The largest absolute Gasteiger partial charge is 0.412 e. The molecule has 3 atom stereocenters. The number of allylic oxidation sites excluding steroid dienone is 1. The minimum atomic E-state index is -1.66. The van der Waals surface area contributed by atoms with E-state index in [1.54, 1.807) is 0 Å². The van der Waals surface area contributed by atoms with Crippen molar-refractivity contribution >= 4 is 8.32 Å². The van der Waals surface area contributed by atoms with E-state index < -0.39 is 8.32 Å². The van der Waals surface area contributed by atoms with Crippen molar-refractivity contribution in [3.8, 4) is 0 Å². The van der Waals surface area contributed by atoms with E-state index in [0.29, 0.717) is 17.9 Å². The SMILES string of the molecule is CC[Si](CC)(CC)OC(C)(C)[C@@H]1CC=C(C)[C@@H]([C@H](NCc2ccccc2)c2ccccc2)C1. The Hall–Kier alpha value is -1.68. The molecule has 2 nitrogen and oxygen atoms in total. The zero-order valence-corrected chi connectivity index (χ0v) is 22.7. The highest BCUT2D eigenvalue weighted by Gasteiger charge is 2.42. The van der Waals surface area contributed by atoms with Crippen molar-refractivity contribution < 1.29 is 4.43 Å². The second kappa shape index (κ2) is 11.6. The number of rotatable bonds is 11. The first-order valence-electron chi connectivity index (χ1n) is 13.0. The van der Waals surface area contributed by atoms with Crippen LogP contribution in [0.5, 0.6) is 0 Å². The van der Waals surface area contributed by atoms with Gasteiger partial charge < -0.3 is 9.74 Å². The van der Waals surface area contributed by atoms with Crippen LogP contribution in [0.25, 0.3) is 0 Å². The molecule has 1 N–H and O–H groups in total. The molecule has 1 aliphatic rings. The van der Waals surface area contributed by atoms with E-state index >= 15 is 0 Å². The van der Waals surface area contributed by atoms with Crippen LogP contribution in [0.4, 0.5) is 0 Å². The molecule has 0 heterocycles. The molecule has 0 aliphatic heterocycles. The van der Waals surface area contributed by atoms with Gasteiger partial charge in [-0.2, -0.15) is 0 Å². The molecular weight excluding hydrogens is 418 g/mol. The second-order valence-corrected chi connectivity index (χ2v) is 15.1. The topological polar surface area (TPSA) is 21.3 Å². The Kier molecular flexibility index (Phi) is 9.15. The molecule has 0 radical (unpaired) electrons. The first-order valence-corrected chi connectivity index (χ1v) is 15.6. The summed E-state index contributed by atoms with van der Waals surface area (Å²) in [5, 5.41) is 3.93. The molecule has 0 saturated carbocycles. The Bertz CT molecular complexity index is 864. The molecule has 1 aliphatic carbocycles. The quantitative estimate of drug-likeness (QED) is 0.267. The van der Waals surface area contributed by atoms with Crippen LogP contribution in [0, 0.1) is 11.8 Å². The van der Waals surface area contributed by atoms with Crippen molar-refractivity contribution in [2.24, 2.45) is 11.8 Å². The smallest absolute Gasteiger partial charge is 0.192 e. The lowest BCUT2D eigenvalue weighted by atomic mass is 9.71. The minimum Gasteiger partial charge on any atom is -0.412 e. The maximum absolute atomic E-state index is 7.10. The number of hydrogen-bond acceptors (Lipinski definition) is 2. The van der Waals surface area contributed by atoms with Crippen LogP contribution in [0.3, 0.4) is 0 Å². The predicted octanol–water partition coefficient (Wildman–Crippen LogP) is 8.29. The van der Waals surface area contributed by atoms with Gasteiger partial charge in [0.05, 0.1) is 5.60 Å². The number of nitrogens with one attached hydrogen (secondary N) is 1. The van der Waals surface area contributed by atoms with Crippen molar-refractivity contribution in [2.75, 3.05) is 0 Å². The van der Waals surface area contributed by atoms with Gasteiger partial charge in [0.15, 0.2) is 8.32 Å². The lowest BCUT2D eigenvalue weighted by Crippen LogP contribution is -2.49. The summed E-state index contributed by atoms with van der Waals surface area (Å²) in [6.45, 7) is 14.9. The van der Waals surface area contributed by atoms with E-state index in [9.17, 15) is 0 Å². The Morgan fingerprint density at radius 3 is 2.09 bits per heavy atom. The molecule has 0 saturated heterocycles. The van der Waals surface area contributed by atoms with Crippen LogP contribution in [0.1, 0.15) is 71.6 Å². The van der Waals surface area contributed by atoms with Crippen LogP contribution in [-0.4, -0.2) is 13.9 Å². The second-order valence-electron chi connectivity index (χ2n) is 10.4. The van der Waals surface area contributed by atoms with Crippen molar-refractivity contribution in [3.05, 3.63) is 83.4 Å². The minimum absolute atomic E-state index is 0.0929. The van der Waals surface area contributed by atoms with Gasteiger partial charge in [-0.1, -0.05) is 93.1 Å². The Balaban J connectivity index is 1.84.